The first kappa shape index (κ1) is 12.8. The van der Waals surface area contributed by atoms with Crippen LogP contribution in [0.5, 0.6) is 0 Å². The van der Waals surface area contributed by atoms with Crippen LogP contribution in [0.3, 0.4) is 0 Å². The number of fused-ring (bicyclic) bond motifs is 1. The lowest BCUT2D eigenvalue weighted by molar-refractivity contribution is 0.619. The van der Waals surface area contributed by atoms with Crippen LogP contribution in [0.4, 0.5) is 4.39 Å². The quantitative estimate of drug-likeness (QED) is 0.644. The normalized spacial score (nSPS) is 10.8. The van der Waals surface area contributed by atoms with Gasteiger partial charge in [0.05, 0.1) is 0 Å². The van der Waals surface area contributed by atoms with Gasteiger partial charge in [-0.05, 0) is 35.8 Å². The molecule has 0 spiro atoms. The summed E-state index contributed by atoms with van der Waals surface area (Å²) in [5.74, 6) is -0.0513. The summed E-state index contributed by atoms with van der Waals surface area (Å²) >= 11 is 0. The molecule has 2 aromatic carbocycles. The van der Waals surface area contributed by atoms with Crippen LogP contribution < -0.4 is 0 Å². The van der Waals surface area contributed by atoms with E-state index in [9.17, 15) is 4.39 Å². The van der Waals surface area contributed by atoms with Gasteiger partial charge in [-0.15, -0.1) is 6.58 Å². The molecule has 0 atom stereocenters. The lowest BCUT2D eigenvalue weighted by atomic mass is 10.00. The van der Waals surface area contributed by atoms with Crippen LogP contribution in [-0.2, 0) is 12.8 Å². The Kier molecular flexibility index (Phi) is 4.14. The Morgan fingerprint density at radius 3 is 2.72 bits per heavy atom. The van der Waals surface area contributed by atoms with Gasteiger partial charge in [0.2, 0.25) is 0 Å². The van der Waals surface area contributed by atoms with Gasteiger partial charge in [-0.1, -0.05) is 49.8 Å². The molecule has 0 nitrogen and oxygen atoms in total. The maximum atomic E-state index is 14.2. The van der Waals surface area contributed by atoms with E-state index in [1.807, 2.05) is 30.3 Å². The van der Waals surface area contributed by atoms with Gasteiger partial charge in [-0.3, -0.25) is 0 Å². The minimum absolute atomic E-state index is 0.0513. The van der Waals surface area contributed by atoms with Gasteiger partial charge < -0.3 is 0 Å². The first-order chi connectivity index (χ1) is 8.76. The first-order valence-corrected chi connectivity index (χ1v) is 6.57. The summed E-state index contributed by atoms with van der Waals surface area (Å²) in [4.78, 5) is 0. The van der Waals surface area contributed by atoms with Crippen LogP contribution >= 0.6 is 0 Å². The number of aryl methyl sites for hydroxylation is 2. The highest BCUT2D eigenvalue weighted by Crippen LogP contribution is 2.23. The molecule has 94 valence electrons. The molecule has 1 heteroatoms. The van der Waals surface area contributed by atoms with Crippen LogP contribution in [0, 0.1) is 5.82 Å². The van der Waals surface area contributed by atoms with E-state index in [-0.39, 0.29) is 5.82 Å². The Hall–Kier alpha value is -1.63. The van der Waals surface area contributed by atoms with Crippen molar-refractivity contribution < 1.29 is 4.39 Å². The predicted octanol–water partition coefficient (Wildman–Crippen LogP) is 5.05. The Bertz CT molecular complexity index is 555. The van der Waals surface area contributed by atoms with E-state index in [1.165, 1.54) is 5.56 Å². The van der Waals surface area contributed by atoms with E-state index < -0.39 is 0 Å². The molecular formula is C17H19F. The minimum Gasteiger partial charge on any atom is -0.206 e. The van der Waals surface area contributed by atoms with Crippen LogP contribution in [0.15, 0.2) is 43.0 Å². The lowest BCUT2D eigenvalue weighted by Gasteiger charge is -2.07. The summed E-state index contributed by atoms with van der Waals surface area (Å²) in [6.07, 6.45) is 5.62. The third-order valence-corrected chi connectivity index (χ3v) is 3.25. The number of allylic oxidation sites excluding steroid dienone is 1. The fourth-order valence-electron chi connectivity index (χ4n) is 2.27. The zero-order chi connectivity index (χ0) is 13.0. The first-order valence-electron chi connectivity index (χ1n) is 6.57. The standard InChI is InChI=1S/C17H19F/c1-3-5-7-13-8-11-16-15(12-13)10-9-14(6-4-2)17(16)18/h3,8-12H,1,4-7H2,2H3. The van der Waals surface area contributed by atoms with Gasteiger partial charge >= 0.3 is 0 Å². The maximum Gasteiger partial charge on any atom is 0.134 e. The summed E-state index contributed by atoms with van der Waals surface area (Å²) in [6, 6.07) is 9.95. The van der Waals surface area contributed by atoms with E-state index in [0.717, 1.165) is 42.0 Å². The molecule has 2 aromatic rings. The van der Waals surface area contributed by atoms with E-state index in [1.54, 1.807) is 0 Å². The molecule has 0 fully saturated rings. The van der Waals surface area contributed by atoms with E-state index in [4.69, 9.17) is 0 Å². The van der Waals surface area contributed by atoms with Crippen molar-refractivity contribution in [1.29, 1.82) is 0 Å². The Morgan fingerprint density at radius 2 is 2.00 bits per heavy atom. The van der Waals surface area contributed by atoms with Crippen molar-refractivity contribution in [3.8, 4) is 0 Å². The third kappa shape index (κ3) is 2.61. The van der Waals surface area contributed by atoms with Gasteiger partial charge in [0.25, 0.3) is 0 Å². The molecular weight excluding hydrogens is 223 g/mol. The second-order valence-corrected chi connectivity index (χ2v) is 4.67. The molecule has 0 bridgehead atoms. The molecule has 0 radical (unpaired) electrons. The highest BCUT2D eigenvalue weighted by molar-refractivity contribution is 5.84. The minimum atomic E-state index is -0.0513. The predicted molar refractivity (Wildman–Crippen MR) is 76.4 cm³/mol. The van der Waals surface area contributed by atoms with Crippen molar-refractivity contribution in [3.05, 3.63) is 59.9 Å². The van der Waals surface area contributed by atoms with Gasteiger partial charge in [0.15, 0.2) is 0 Å². The van der Waals surface area contributed by atoms with Crippen molar-refractivity contribution in [2.75, 3.05) is 0 Å². The van der Waals surface area contributed by atoms with Crippen LogP contribution in [-0.4, -0.2) is 0 Å². The van der Waals surface area contributed by atoms with Gasteiger partial charge in [-0.25, -0.2) is 4.39 Å². The number of rotatable bonds is 5. The third-order valence-electron chi connectivity index (χ3n) is 3.25. The topological polar surface area (TPSA) is 0 Å². The fraction of sp³-hybridized carbons (Fsp3) is 0.294. The number of benzene rings is 2. The van der Waals surface area contributed by atoms with Crippen LogP contribution in [0.1, 0.15) is 30.9 Å². The average Bonchev–Trinajstić information content (AvgIpc) is 2.40. The van der Waals surface area contributed by atoms with E-state index in [0.29, 0.717) is 0 Å². The molecule has 0 unspecified atom stereocenters. The van der Waals surface area contributed by atoms with E-state index in [2.05, 4.69) is 19.6 Å². The molecule has 0 heterocycles. The Labute approximate surface area is 108 Å². The maximum absolute atomic E-state index is 14.2. The Balaban J connectivity index is 2.40. The van der Waals surface area contributed by atoms with Gasteiger partial charge in [-0.2, -0.15) is 0 Å². The number of hydrogen-bond donors (Lipinski definition) is 0. The monoisotopic (exact) mass is 242 g/mol. The van der Waals surface area contributed by atoms with Crippen LogP contribution in [0.25, 0.3) is 10.8 Å². The SMILES string of the molecule is C=CCCc1ccc2c(F)c(CCC)ccc2c1. The number of halogens is 1. The fourth-order valence-corrected chi connectivity index (χ4v) is 2.27. The van der Waals surface area contributed by atoms with Crippen molar-refractivity contribution >= 4 is 10.8 Å². The van der Waals surface area contributed by atoms with Crippen molar-refractivity contribution in [2.24, 2.45) is 0 Å². The largest absolute Gasteiger partial charge is 0.206 e. The summed E-state index contributed by atoms with van der Waals surface area (Å²) in [7, 11) is 0. The molecule has 18 heavy (non-hydrogen) atoms. The number of hydrogen-bond acceptors (Lipinski definition) is 0. The highest BCUT2D eigenvalue weighted by Gasteiger charge is 2.07. The van der Waals surface area contributed by atoms with Gasteiger partial charge in [0, 0.05) is 5.39 Å². The smallest absolute Gasteiger partial charge is 0.134 e. The zero-order valence-corrected chi connectivity index (χ0v) is 10.9. The van der Waals surface area contributed by atoms with Gasteiger partial charge in [0.1, 0.15) is 5.82 Å². The summed E-state index contributed by atoms with van der Waals surface area (Å²) in [5.41, 5.74) is 2.06. The van der Waals surface area contributed by atoms with Crippen molar-refractivity contribution in [2.45, 2.75) is 32.6 Å². The molecule has 0 aliphatic carbocycles. The molecule has 0 amide bonds. The zero-order valence-electron chi connectivity index (χ0n) is 10.9. The highest BCUT2D eigenvalue weighted by atomic mass is 19.1. The second kappa shape index (κ2) is 5.81. The van der Waals surface area contributed by atoms with Crippen LogP contribution in [0.2, 0.25) is 0 Å². The molecule has 2 rings (SSSR count). The molecule has 0 saturated carbocycles. The molecule has 0 saturated heterocycles. The summed E-state index contributed by atoms with van der Waals surface area (Å²) in [6.45, 7) is 5.80. The van der Waals surface area contributed by atoms with Crippen molar-refractivity contribution in [1.82, 2.24) is 0 Å². The molecule has 0 aliphatic heterocycles. The average molecular weight is 242 g/mol. The lowest BCUT2D eigenvalue weighted by Crippen LogP contribution is -1.92. The molecule has 0 aromatic heterocycles. The second-order valence-electron chi connectivity index (χ2n) is 4.67. The molecule has 0 N–H and O–H groups in total. The van der Waals surface area contributed by atoms with Crippen molar-refractivity contribution in [3.63, 3.8) is 0 Å². The summed E-state index contributed by atoms with van der Waals surface area (Å²) in [5, 5.41) is 1.73. The summed E-state index contributed by atoms with van der Waals surface area (Å²) < 4.78 is 14.2. The Morgan fingerprint density at radius 1 is 1.17 bits per heavy atom. The molecule has 0 aliphatic rings. The van der Waals surface area contributed by atoms with E-state index >= 15 is 0 Å².